The van der Waals surface area contributed by atoms with Gasteiger partial charge in [0.25, 0.3) is 0 Å². The lowest BCUT2D eigenvalue weighted by molar-refractivity contribution is 0.124. The molecule has 33 heavy (non-hydrogen) atoms. The molecule has 5 heteroatoms. The van der Waals surface area contributed by atoms with Crippen LogP contribution in [-0.2, 0) is 4.74 Å². The Morgan fingerprint density at radius 2 is 1.58 bits per heavy atom. The number of ether oxygens (including phenoxy) is 1. The number of fused-ring (bicyclic) bond motifs is 1. The van der Waals surface area contributed by atoms with Crippen molar-refractivity contribution in [2.24, 2.45) is 22.7 Å². The second-order valence-electron chi connectivity index (χ2n) is 11.0. The minimum Gasteiger partial charge on any atom is -0.475 e. The Kier molecular flexibility index (Phi) is 5.78. The molecule has 1 heterocycles. The second kappa shape index (κ2) is 8.48. The molecule has 2 aromatic rings. The predicted molar refractivity (Wildman–Crippen MR) is 125 cm³/mol. The summed E-state index contributed by atoms with van der Waals surface area (Å²) in [5, 5.41) is 0. The van der Waals surface area contributed by atoms with E-state index < -0.39 is 23.0 Å². The Bertz CT molecular complexity index is 1070. The standard InChI is InChI=1S/C28H32F3NO/c1-16-4-5-18-11-19(7-6-17(18)10-16)21-13-24(30)26(25(31)14-21)20-8-9-22(23(29)12-20)27-32-28(2,3)15-33-27/h8-9,12-14,16-19H,4-7,10-11,15H2,1-3H3. The zero-order chi connectivity index (χ0) is 23.3. The maximum Gasteiger partial charge on any atom is 0.219 e. The van der Waals surface area contributed by atoms with Crippen LogP contribution in [0.3, 0.4) is 0 Å². The highest BCUT2D eigenvalue weighted by atomic mass is 19.1. The minimum atomic E-state index is -0.632. The molecule has 2 aliphatic carbocycles. The molecule has 0 spiro atoms. The Morgan fingerprint density at radius 3 is 2.24 bits per heavy atom. The van der Waals surface area contributed by atoms with Gasteiger partial charge in [-0.25, -0.2) is 18.2 Å². The van der Waals surface area contributed by atoms with Gasteiger partial charge in [-0.2, -0.15) is 0 Å². The van der Waals surface area contributed by atoms with Crippen LogP contribution >= 0.6 is 0 Å². The van der Waals surface area contributed by atoms with Gasteiger partial charge in [0, 0.05) is 0 Å². The molecule has 4 atom stereocenters. The van der Waals surface area contributed by atoms with Crippen LogP contribution in [0.2, 0.25) is 0 Å². The molecule has 0 saturated heterocycles. The van der Waals surface area contributed by atoms with Crippen molar-refractivity contribution in [2.45, 2.75) is 70.8 Å². The van der Waals surface area contributed by atoms with E-state index in [1.54, 1.807) is 0 Å². The van der Waals surface area contributed by atoms with Gasteiger partial charge in [-0.1, -0.05) is 19.4 Å². The summed E-state index contributed by atoms with van der Waals surface area (Å²) in [7, 11) is 0. The van der Waals surface area contributed by atoms with Crippen LogP contribution in [0.5, 0.6) is 0 Å². The lowest BCUT2D eigenvalue weighted by Gasteiger charge is -2.41. The third kappa shape index (κ3) is 4.43. The molecule has 0 aromatic heterocycles. The molecule has 2 fully saturated rings. The number of aliphatic imine (C=N–C) groups is 1. The number of halogens is 3. The summed E-state index contributed by atoms with van der Waals surface area (Å²) < 4.78 is 50.7. The van der Waals surface area contributed by atoms with Gasteiger partial charge < -0.3 is 4.74 Å². The van der Waals surface area contributed by atoms with E-state index in [1.807, 2.05) is 13.8 Å². The van der Waals surface area contributed by atoms with Gasteiger partial charge in [-0.15, -0.1) is 0 Å². The summed E-state index contributed by atoms with van der Waals surface area (Å²) >= 11 is 0. The molecule has 176 valence electrons. The number of hydrogen-bond acceptors (Lipinski definition) is 2. The third-order valence-electron chi connectivity index (χ3n) is 7.87. The lowest BCUT2D eigenvalue weighted by atomic mass is 9.64. The first kappa shape index (κ1) is 22.5. The third-order valence-corrected chi connectivity index (χ3v) is 7.87. The van der Waals surface area contributed by atoms with Crippen molar-refractivity contribution in [3.8, 4) is 11.1 Å². The maximum atomic E-state index is 15.2. The summed E-state index contributed by atoms with van der Waals surface area (Å²) in [6.45, 7) is 6.51. The smallest absolute Gasteiger partial charge is 0.219 e. The fourth-order valence-corrected chi connectivity index (χ4v) is 6.10. The first-order chi connectivity index (χ1) is 15.7. The molecule has 5 rings (SSSR count). The van der Waals surface area contributed by atoms with E-state index in [1.165, 1.54) is 49.6 Å². The fourth-order valence-electron chi connectivity index (χ4n) is 6.10. The Hall–Kier alpha value is -2.30. The fraction of sp³-hybridized carbons (Fsp3) is 0.536. The molecule has 1 aliphatic heterocycles. The van der Waals surface area contributed by atoms with E-state index in [2.05, 4.69) is 11.9 Å². The van der Waals surface area contributed by atoms with E-state index in [4.69, 9.17) is 4.74 Å². The van der Waals surface area contributed by atoms with Gasteiger partial charge in [0.1, 0.15) is 24.1 Å². The number of rotatable bonds is 3. The normalized spacial score (nSPS) is 28.7. The van der Waals surface area contributed by atoms with Crippen LogP contribution in [0.25, 0.3) is 11.1 Å². The molecule has 2 saturated carbocycles. The highest BCUT2D eigenvalue weighted by molar-refractivity contribution is 5.96. The van der Waals surface area contributed by atoms with E-state index in [0.717, 1.165) is 36.7 Å². The first-order valence-electron chi connectivity index (χ1n) is 12.2. The van der Waals surface area contributed by atoms with Crippen LogP contribution in [0.4, 0.5) is 13.2 Å². The van der Waals surface area contributed by atoms with Crippen molar-refractivity contribution in [1.82, 2.24) is 0 Å². The Balaban J connectivity index is 1.39. The first-order valence-corrected chi connectivity index (χ1v) is 12.2. The monoisotopic (exact) mass is 455 g/mol. The van der Waals surface area contributed by atoms with Crippen molar-refractivity contribution in [1.29, 1.82) is 0 Å². The van der Waals surface area contributed by atoms with Crippen LogP contribution in [-0.4, -0.2) is 18.0 Å². The number of benzene rings is 2. The second-order valence-corrected chi connectivity index (χ2v) is 11.0. The quantitative estimate of drug-likeness (QED) is 0.466. The summed E-state index contributed by atoms with van der Waals surface area (Å²) in [5.74, 6) is 0.779. The highest BCUT2D eigenvalue weighted by Crippen LogP contribution is 2.48. The van der Waals surface area contributed by atoms with E-state index in [0.29, 0.717) is 12.5 Å². The van der Waals surface area contributed by atoms with Gasteiger partial charge in [-0.3, -0.25) is 0 Å². The molecule has 0 radical (unpaired) electrons. The summed E-state index contributed by atoms with van der Waals surface area (Å²) in [5.41, 5.74) is 0.530. The van der Waals surface area contributed by atoms with Crippen molar-refractivity contribution < 1.29 is 17.9 Å². The zero-order valence-corrected chi connectivity index (χ0v) is 19.6. The topological polar surface area (TPSA) is 21.6 Å². The van der Waals surface area contributed by atoms with Gasteiger partial charge in [0.05, 0.1) is 16.7 Å². The van der Waals surface area contributed by atoms with Crippen molar-refractivity contribution in [3.63, 3.8) is 0 Å². The van der Waals surface area contributed by atoms with Crippen molar-refractivity contribution in [3.05, 3.63) is 58.9 Å². The maximum absolute atomic E-state index is 15.2. The minimum absolute atomic E-state index is 0.181. The average molecular weight is 456 g/mol. The SMILES string of the molecule is CC1CCC2CC(c3cc(F)c(-c4ccc(C5=NC(C)(C)CO5)c(F)c4)c(F)c3)CCC2C1. The Morgan fingerprint density at radius 1 is 0.879 bits per heavy atom. The van der Waals surface area contributed by atoms with E-state index in [9.17, 15) is 4.39 Å². The predicted octanol–water partition coefficient (Wildman–Crippen LogP) is 7.65. The van der Waals surface area contributed by atoms with Crippen LogP contribution < -0.4 is 0 Å². The number of nitrogens with zero attached hydrogens (tertiary/aromatic N) is 1. The molecular weight excluding hydrogens is 423 g/mol. The van der Waals surface area contributed by atoms with Crippen molar-refractivity contribution in [2.75, 3.05) is 6.61 Å². The van der Waals surface area contributed by atoms with Crippen molar-refractivity contribution >= 4 is 5.90 Å². The zero-order valence-electron chi connectivity index (χ0n) is 19.6. The molecule has 2 nitrogen and oxygen atoms in total. The molecule has 0 amide bonds. The number of hydrogen-bond donors (Lipinski definition) is 0. The largest absolute Gasteiger partial charge is 0.475 e. The molecule has 3 aliphatic rings. The van der Waals surface area contributed by atoms with Gasteiger partial charge in [0.15, 0.2) is 0 Å². The van der Waals surface area contributed by atoms with Gasteiger partial charge >= 0.3 is 0 Å². The van der Waals surface area contributed by atoms with Crippen LogP contribution in [0, 0.1) is 35.2 Å². The van der Waals surface area contributed by atoms with Crippen LogP contribution in [0.15, 0.2) is 35.3 Å². The molecular formula is C28H32F3NO. The Labute approximate surface area is 194 Å². The molecule has 2 aromatic carbocycles. The van der Waals surface area contributed by atoms with E-state index >= 15 is 8.78 Å². The van der Waals surface area contributed by atoms with Gasteiger partial charge in [-0.05, 0) is 105 Å². The summed E-state index contributed by atoms with van der Waals surface area (Å²) in [6.07, 6.45) is 6.90. The van der Waals surface area contributed by atoms with Crippen LogP contribution in [0.1, 0.15) is 76.3 Å². The molecule has 0 N–H and O–H groups in total. The average Bonchev–Trinajstić information content (AvgIpc) is 3.12. The highest BCUT2D eigenvalue weighted by Gasteiger charge is 2.35. The summed E-state index contributed by atoms with van der Waals surface area (Å²) in [6, 6.07) is 7.12. The molecule has 4 unspecified atom stereocenters. The lowest BCUT2D eigenvalue weighted by Crippen LogP contribution is -2.29. The molecule has 0 bridgehead atoms. The van der Waals surface area contributed by atoms with E-state index in [-0.39, 0.29) is 28.5 Å². The summed E-state index contributed by atoms with van der Waals surface area (Å²) in [4.78, 5) is 4.39. The van der Waals surface area contributed by atoms with Gasteiger partial charge in [0.2, 0.25) is 5.90 Å².